The second-order valence-electron chi connectivity index (χ2n) is 5.21. The van der Waals surface area contributed by atoms with Crippen molar-refractivity contribution < 1.29 is 4.79 Å². The number of hydrogen-bond acceptors (Lipinski definition) is 2. The van der Waals surface area contributed by atoms with Gasteiger partial charge >= 0.3 is 0 Å². The number of nitrogens with zero attached hydrogens (tertiary/aromatic N) is 1. The molecule has 3 heteroatoms. The summed E-state index contributed by atoms with van der Waals surface area (Å²) in [5.74, 6) is 0.126. The minimum atomic E-state index is -0.112. The summed E-state index contributed by atoms with van der Waals surface area (Å²) in [6.07, 6.45) is 0. The Morgan fingerprint density at radius 2 is 1.64 bits per heavy atom. The SMILES string of the molecule is CC(NC(C)C(C)(C)C)C(=O)N(C)C. The number of likely N-dealkylation sites (N-methyl/N-ethyl adjacent to an activating group) is 1. The summed E-state index contributed by atoms with van der Waals surface area (Å²) in [4.78, 5) is 13.2. The summed E-state index contributed by atoms with van der Waals surface area (Å²) in [7, 11) is 3.56. The highest BCUT2D eigenvalue weighted by molar-refractivity contribution is 5.80. The smallest absolute Gasteiger partial charge is 0.238 e. The number of carbonyl (C=O) groups is 1. The highest BCUT2D eigenvalue weighted by Crippen LogP contribution is 2.18. The van der Waals surface area contributed by atoms with Crippen LogP contribution in [0.3, 0.4) is 0 Å². The van der Waals surface area contributed by atoms with Gasteiger partial charge in [-0.3, -0.25) is 4.79 Å². The van der Waals surface area contributed by atoms with E-state index in [0.717, 1.165) is 0 Å². The summed E-state index contributed by atoms with van der Waals surface area (Å²) in [6, 6.07) is 0.209. The van der Waals surface area contributed by atoms with E-state index in [4.69, 9.17) is 0 Å². The maximum atomic E-state index is 11.6. The van der Waals surface area contributed by atoms with Gasteiger partial charge in [0.25, 0.3) is 0 Å². The van der Waals surface area contributed by atoms with Crippen molar-refractivity contribution in [2.75, 3.05) is 14.1 Å². The van der Waals surface area contributed by atoms with Gasteiger partial charge in [-0.25, -0.2) is 0 Å². The topological polar surface area (TPSA) is 32.3 Å². The molecule has 1 N–H and O–H groups in total. The van der Waals surface area contributed by atoms with Crippen LogP contribution in [0.5, 0.6) is 0 Å². The van der Waals surface area contributed by atoms with Crippen molar-refractivity contribution in [3.63, 3.8) is 0 Å². The molecular formula is C11H24N2O. The van der Waals surface area contributed by atoms with Crippen LogP contribution in [-0.4, -0.2) is 37.0 Å². The highest BCUT2D eigenvalue weighted by Gasteiger charge is 2.24. The molecule has 0 aliphatic rings. The molecule has 0 aromatic carbocycles. The molecule has 0 aromatic heterocycles. The molecule has 0 aliphatic heterocycles. The lowest BCUT2D eigenvalue weighted by Crippen LogP contribution is -2.49. The number of amides is 1. The van der Waals surface area contributed by atoms with Crippen LogP contribution in [0.2, 0.25) is 0 Å². The minimum absolute atomic E-state index is 0.112. The van der Waals surface area contributed by atoms with E-state index in [0.29, 0.717) is 6.04 Å². The first-order chi connectivity index (χ1) is 6.16. The Kier molecular flexibility index (Phi) is 4.59. The standard InChI is InChI=1S/C11H24N2O/c1-8(10(14)13(6)7)12-9(2)11(3,4)5/h8-9,12H,1-7H3. The molecule has 0 rings (SSSR count). The Balaban J connectivity index is 4.20. The van der Waals surface area contributed by atoms with Gasteiger partial charge in [0.1, 0.15) is 0 Å². The Morgan fingerprint density at radius 3 is 1.93 bits per heavy atom. The van der Waals surface area contributed by atoms with Gasteiger partial charge < -0.3 is 10.2 Å². The second-order valence-corrected chi connectivity index (χ2v) is 5.21. The van der Waals surface area contributed by atoms with Gasteiger partial charge in [0.2, 0.25) is 5.91 Å². The number of rotatable bonds is 3. The average Bonchev–Trinajstić information content (AvgIpc) is 2.00. The first kappa shape index (κ1) is 13.4. The van der Waals surface area contributed by atoms with Crippen LogP contribution >= 0.6 is 0 Å². The van der Waals surface area contributed by atoms with Crippen molar-refractivity contribution >= 4 is 5.91 Å². The van der Waals surface area contributed by atoms with E-state index in [1.807, 2.05) is 6.92 Å². The zero-order valence-electron chi connectivity index (χ0n) is 10.5. The zero-order chi connectivity index (χ0) is 11.5. The molecule has 2 unspecified atom stereocenters. The molecule has 0 saturated heterocycles. The van der Waals surface area contributed by atoms with Crippen molar-refractivity contribution in [2.24, 2.45) is 5.41 Å². The normalized spacial score (nSPS) is 16.2. The second kappa shape index (κ2) is 4.78. The maximum absolute atomic E-state index is 11.6. The molecule has 0 aliphatic carbocycles. The molecule has 0 radical (unpaired) electrons. The van der Waals surface area contributed by atoms with E-state index in [2.05, 4.69) is 33.0 Å². The number of carbonyl (C=O) groups excluding carboxylic acids is 1. The third kappa shape index (κ3) is 4.09. The lowest BCUT2D eigenvalue weighted by molar-refractivity contribution is -0.130. The lowest BCUT2D eigenvalue weighted by Gasteiger charge is -2.31. The molecule has 0 spiro atoms. The molecule has 1 amide bonds. The first-order valence-electron chi connectivity index (χ1n) is 5.13. The van der Waals surface area contributed by atoms with Crippen molar-refractivity contribution in [1.29, 1.82) is 0 Å². The third-order valence-corrected chi connectivity index (χ3v) is 2.61. The quantitative estimate of drug-likeness (QED) is 0.748. The molecule has 3 nitrogen and oxygen atoms in total. The fourth-order valence-corrected chi connectivity index (χ4v) is 1.08. The molecule has 0 aromatic rings. The summed E-state index contributed by atoms with van der Waals surface area (Å²) in [5, 5.41) is 3.31. The third-order valence-electron chi connectivity index (χ3n) is 2.61. The molecule has 2 atom stereocenters. The van der Waals surface area contributed by atoms with Crippen LogP contribution in [0.4, 0.5) is 0 Å². The molecule has 84 valence electrons. The Morgan fingerprint density at radius 1 is 1.21 bits per heavy atom. The Bertz CT molecular complexity index is 194. The molecule has 0 fully saturated rings. The molecule has 0 saturated carbocycles. The summed E-state index contributed by atoms with van der Waals surface area (Å²) in [6.45, 7) is 10.5. The molecule has 0 bridgehead atoms. The van der Waals surface area contributed by atoms with Crippen LogP contribution in [0.25, 0.3) is 0 Å². The van der Waals surface area contributed by atoms with Crippen LogP contribution < -0.4 is 5.32 Å². The van der Waals surface area contributed by atoms with Crippen molar-refractivity contribution in [3.8, 4) is 0 Å². The van der Waals surface area contributed by atoms with E-state index in [-0.39, 0.29) is 17.4 Å². The molecule has 0 heterocycles. The molecule has 14 heavy (non-hydrogen) atoms. The Labute approximate surface area is 87.9 Å². The van der Waals surface area contributed by atoms with Crippen LogP contribution in [0.1, 0.15) is 34.6 Å². The summed E-state index contributed by atoms with van der Waals surface area (Å²) in [5.41, 5.74) is 0.181. The van der Waals surface area contributed by atoms with Gasteiger partial charge in [0, 0.05) is 20.1 Å². The van der Waals surface area contributed by atoms with Crippen molar-refractivity contribution in [1.82, 2.24) is 10.2 Å². The van der Waals surface area contributed by atoms with E-state index in [1.54, 1.807) is 19.0 Å². The van der Waals surface area contributed by atoms with Crippen molar-refractivity contribution in [2.45, 2.75) is 46.7 Å². The maximum Gasteiger partial charge on any atom is 0.238 e. The van der Waals surface area contributed by atoms with Gasteiger partial charge in [0.15, 0.2) is 0 Å². The summed E-state index contributed by atoms with van der Waals surface area (Å²) < 4.78 is 0. The molecular weight excluding hydrogens is 176 g/mol. The van der Waals surface area contributed by atoms with Gasteiger partial charge in [-0.1, -0.05) is 20.8 Å². The van der Waals surface area contributed by atoms with Crippen LogP contribution in [0, 0.1) is 5.41 Å². The minimum Gasteiger partial charge on any atom is -0.347 e. The van der Waals surface area contributed by atoms with Crippen LogP contribution in [-0.2, 0) is 4.79 Å². The number of nitrogens with one attached hydrogen (secondary N) is 1. The largest absolute Gasteiger partial charge is 0.347 e. The fraction of sp³-hybridized carbons (Fsp3) is 0.909. The highest BCUT2D eigenvalue weighted by atomic mass is 16.2. The fourth-order valence-electron chi connectivity index (χ4n) is 1.08. The zero-order valence-corrected chi connectivity index (χ0v) is 10.5. The summed E-state index contributed by atoms with van der Waals surface area (Å²) >= 11 is 0. The van der Waals surface area contributed by atoms with Crippen molar-refractivity contribution in [3.05, 3.63) is 0 Å². The first-order valence-corrected chi connectivity index (χ1v) is 5.13. The van der Waals surface area contributed by atoms with E-state index < -0.39 is 0 Å². The van der Waals surface area contributed by atoms with Crippen LogP contribution in [0.15, 0.2) is 0 Å². The van der Waals surface area contributed by atoms with Gasteiger partial charge in [0.05, 0.1) is 6.04 Å². The van der Waals surface area contributed by atoms with E-state index in [9.17, 15) is 4.79 Å². The average molecular weight is 200 g/mol. The number of hydrogen-bond donors (Lipinski definition) is 1. The lowest BCUT2D eigenvalue weighted by atomic mass is 9.87. The van der Waals surface area contributed by atoms with E-state index in [1.165, 1.54) is 0 Å². The monoisotopic (exact) mass is 200 g/mol. The predicted octanol–water partition coefficient (Wildman–Crippen LogP) is 1.49. The Hall–Kier alpha value is -0.570. The van der Waals surface area contributed by atoms with Gasteiger partial charge in [-0.2, -0.15) is 0 Å². The predicted molar refractivity (Wildman–Crippen MR) is 60.2 cm³/mol. The van der Waals surface area contributed by atoms with Gasteiger partial charge in [-0.05, 0) is 19.3 Å². The van der Waals surface area contributed by atoms with Gasteiger partial charge in [-0.15, -0.1) is 0 Å². The van der Waals surface area contributed by atoms with E-state index >= 15 is 0 Å².